The Labute approximate surface area is 107 Å². The van der Waals surface area contributed by atoms with Crippen molar-refractivity contribution in [2.45, 2.75) is 25.4 Å². The van der Waals surface area contributed by atoms with Gasteiger partial charge in [0.25, 0.3) is 0 Å². The summed E-state index contributed by atoms with van der Waals surface area (Å²) in [4.78, 5) is 11.5. The lowest BCUT2D eigenvalue weighted by molar-refractivity contribution is 0.177. The van der Waals surface area contributed by atoms with Gasteiger partial charge < -0.3 is 14.4 Å². The summed E-state index contributed by atoms with van der Waals surface area (Å²) in [5, 5.41) is 0. The molecule has 0 amide bonds. The van der Waals surface area contributed by atoms with E-state index < -0.39 is 0 Å². The van der Waals surface area contributed by atoms with Crippen LogP contribution in [0.25, 0.3) is 0 Å². The number of ether oxygens (including phenoxy) is 2. The summed E-state index contributed by atoms with van der Waals surface area (Å²) < 4.78 is 10.6. The lowest BCUT2D eigenvalue weighted by atomic mass is 10.0. The minimum Gasteiger partial charge on any atom is -0.381 e. The summed E-state index contributed by atoms with van der Waals surface area (Å²) in [6.45, 7) is 4.30. The highest BCUT2D eigenvalue weighted by Crippen LogP contribution is 2.27. The first kappa shape index (κ1) is 11.9. The van der Waals surface area contributed by atoms with Gasteiger partial charge in [0.1, 0.15) is 12.4 Å². The second kappa shape index (κ2) is 5.20. The molecule has 2 saturated heterocycles. The normalized spacial score (nSPS) is 23.2. The fourth-order valence-corrected chi connectivity index (χ4v) is 2.38. The van der Waals surface area contributed by atoms with E-state index in [0.29, 0.717) is 12.5 Å². The van der Waals surface area contributed by atoms with Crippen LogP contribution in [0.15, 0.2) is 6.07 Å². The van der Waals surface area contributed by atoms with Crippen molar-refractivity contribution in [3.05, 3.63) is 17.6 Å². The zero-order valence-corrected chi connectivity index (χ0v) is 10.8. The maximum absolute atomic E-state index is 5.45. The lowest BCUT2D eigenvalue weighted by Gasteiger charge is -2.32. The fraction of sp³-hybridized carbons (Fsp3) is 0.692. The molecule has 0 N–H and O–H groups in total. The van der Waals surface area contributed by atoms with Gasteiger partial charge in [-0.05, 0) is 12.8 Å². The fourth-order valence-electron chi connectivity index (χ4n) is 2.38. The summed E-state index contributed by atoms with van der Waals surface area (Å²) in [5.41, 5.74) is 1.11. The van der Waals surface area contributed by atoms with Crippen molar-refractivity contribution in [3.8, 4) is 0 Å². The van der Waals surface area contributed by atoms with Gasteiger partial charge in [0.2, 0.25) is 0 Å². The van der Waals surface area contributed by atoms with E-state index in [1.54, 1.807) is 7.11 Å². The molecule has 0 radical (unpaired) electrons. The number of nitrogens with zero attached hydrogens (tertiary/aromatic N) is 3. The van der Waals surface area contributed by atoms with Crippen LogP contribution in [0.5, 0.6) is 0 Å². The van der Waals surface area contributed by atoms with Crippen LogP contribution >= 0.6 is 0 Å². The van der Waals surface area contributed by atoms with Crippen LogP contribution in [-0.4, -0.2) is 43.4 Å². The Bertz CT molecular complexity index is 415. The first-order valence-corrected chi connectivity index (χ1v) is 6.56. The van der Waals surface area contributed by atoms with Crippen LogP contribution in [0.2, 0.25) is 0 Å². The molecule has 2 fully saturated rings. The topological polar surface area (TPSA) is 47.5 Å². The summed E-state index contributed by atoms with van der Waals surface area (Å²) in [6.07, 6.45) is 2.31. The SMILES string of the molecule is COCc1nc(C2CCOC2)cc(N2CCC2)n1. The van der Waals surface area contributed by atoms with Crippen molar-refractivity contribution < 1.29 is 9.47 Å². The Morgan fingerprint density at radius 3 is 2.94 bits per heavy atom. The Balaban J connectivity index is 1.88. The maximum atomic E-state index is 5.45. The first-order chi connectivity index (χ1) is 8.86. The molecule has 1 unspecified atom stereocenters. The predicted octanol–water partition coefficient (Wildman–Crippen LogP) is 1.34. The Morgan fingerprint density at radius 1 is 1.44 bits per heavy atom. The monoisotopic (exact) mass is 249 g/mol. The average molecular weight is 249 g/mol. The largest absolute Gasteiger partial charge is 0.381 e. The number of anilines is 1. The van der Waals surface area contributed by atoms with Crippen LogP contribution in [0.1, 0.15) is 30.3 Å². The van der Waals surface area contributed by atoms with Gasteiger partial charge in [-0.15, -0.1) is 0 Å². The third kappa shape index (κ3) is 2.33. The molecule has 0 aromatic carbocycles. The van der Waals surface area contributed by atoms with Crippen LogP contribution in [0, 0.1) is 0 Å². The minimum absolute atomic E-state index is 0.420. The van der Waals surface area contributed by atoms with Crippen LogP contribution in [0.3, 0.4) is 0 Å². The third-order valence-corrected chi connectivity index (χ3v) is 3.58. The predicted molar refractivity (Wildman–Crippen MR) is 67.8 cm³/mol. The standard InChI is InChI=1S/C13H19N3O2/c1-17-9-12-14-11(10-3-6-18-8-10)7-13(15-12)16-4-2-5-16/h7,10H,2-6,8-9H2,1H3. The van der Waals surface area contributed by atoms with Crippen LogP contribution in [0.4, 0.5) is 5.82 Å². The summed E-state index contributed by atoms with van der Waals surface area (Å²) in [6, 6.07) is 2.12. The lowest BCUT2D eigenvalue weighted by Crippen LogP contribution is -2.38. The molecule has 5 heteroatoms. The van der Waals surface area contributed by atoms with Crippen LogP contribution < -0.4 is 4.90 Å². The van der Waals surface area contributed by atoms with E-state index in [0.717, 1.165) is 50.1 Å². The highest BCUT2D eigenvalue weighted by Gasteiger charge is 2.23. The van der Waals surface area contributed by atoms with Gasteiger partial charge in [-0.1, -0.05) is 0 Å². The molecule has 2 aliphatic heterocycles. The van der Waals surface area contributed by atoms with E-state index in [-0.39, 0.29) is 0 Å². The Kier molecular flexibility index (Phi) is 3.43. The second-order valence-corrected chi connectivity index (χ2v) is 4.90. The van der Waals surface area contributed by atoms with Gasteiger partial charge in [-0.25, -0.2) is 9.97 Å². The zero-order chi connectivity index (χ0) is 12.4. The second-order valence-electron chi connectivity index (χ2n) is 4.90. The van der Waals surface area contributed by atoms with Crippen molar-refractivity contribution in [1.29, 1.82) is 0 Å². The Hall–Kier alpha value is -1.20. The first-order valence-electron chi connectivity index (χ1n) is 6.56. The smallest absolute Gasteiger partial charge is 0.156 e. The molecule has 0 aliphatic carbocycles. The quantitative estimate of drug-likeness (QED) is 0.806. The van der Waals surface area contributed by atoms with Gasteiger partial charge in [0.15, 0.2) is 5.82 Å². The average Bonchev–Trinajstić information content (AvgIpc) is 2.80. The minimum atomic E-state index is 0.420. The number of aromatic nitrogens is 2. The number of methoxy groups -OCH3 is 1. The molecule has 98 valence electrons. The molecule has 0 bridgehead atoms. The number of rotatable bonds is 4. The molecule has 0 saturated carbocycles. The van der Waals surface area contributed by atoms with Crippen molar-refractivity contribution in [2.75, 3.05) is 38.3 Å². The molecular formula is C13H19N3O2. The molecule has 2 aliphatic rings. The summed E-state index contributed by atoms with van der Waals surface area (Å²) >= 11 is 0. The van der Waals surface area contributed by atoms with E-state index in [1.807, 2.05) is 0 Å². The molecule has 3 heterocycles. The molecular weight excluding hydrogens is 230 g/mol. The van der Waals surface area contributed by atoms with Gasteiger partial charge in [0, 0.05) is 38.8 Å². The van der Waals surface area contributed by atoms with E-state index in [2.05, 4.69) is 20.9 Å². The number of hydrogen-bond acceptors (Lipinski definition) is 5. The molecule has 1 aromatic heterocycles. The van der Waals surface area contributed by atoms with Crippen molar-refractivity contribution in [2.24, 2.45) is 0 Å². The molecule has 1 aromatic rings. The molecule has 0 spiro atoms. The van der Waals surface area contributed by atoms with E-state index in [9.17, 15) is 0 Å². The highest BCUT2D eigenvalue weighted by molar-refractivity contribution is 5.43. The highest BCUT2D eigenvalue weighted by atomic mass is 16.5. The van der Waals surface area contributed by atoms with Crippen LogP contribution in [-0.2, 0) is 16.1 Å². The molecule has 1 atom stereocenters. The van der Waals surface area contributed by atoms with E-state index >= 15 is 0 Å². The van der Waals surface area contributed by atoms with Gasteiger partial charge >= 0.3 is 0 Å². The third-order valence-electron chi connectivity index (χ3n) is 3.58. The molecule has 3 rings (SSSR count). The van der Waals surface area contributed by atoms with Crippen molar-refractivity contribution >= 4 is 5.82 Å². The maximum Gasteiger partial charge on any atom is 0.156 e. The van der Waals surface area contributed by atoms with Gasteiger partial charge in [0.05, 0.1) is 12.3 Å². The summed E-state index contributed by atoms with van der Waals surface area (Å²) in [5.74, 6) is 2.25. The molecule has 5 nitrogen and oxygen atoms in total. The molecule has 18 heavy (non-hydrogen) atoms. The van der Waals surface area contributed by atoms with E-state index in [1.165, 1.54) is 6.42 Å². The van der Waals surface area contributed by atoms with Crippen molar-refractivity contribution in [3.63, 3.8) is 0 Å². The Morgan fingerprint density at radius 2 is 2.33 bits per heavy atom. The van der Waals surface area contributed by atoms with Crippen molar-refractivity contribution in [1.82, 2.24) is 9.97 Å². The van der Waals surface area contributed by atoms with Gasteiger partial charge in [-0.2, -0.15) is 0 Å². The number of hydrogen-bond donors (Lipinski definition) is 0. The van der Waals surface area contributed by atoms with Gasteiger partial charge in [-0.3, -0.25) is 0 Å². The zero-order valence-electron chi connectivity index (χ0n) is 10.8. The van der Waals surface area contributed by atoms with E-state index in [4.69, 9.17) is 9.47 Å². The summed E-state index contributed by atoms with van der Waals surface area (Å²) in [7, 11) is 1.68.